The highest BCUT2D eigenvalue weighted by molar-refractivity contribution is 5.91. The maximum absolute atomic E-state index is 12.1. The number of aromatic amines is 1. The van der Waals surface area contributed by atoms with Gasteiger partial charge in [0.05, 0.1) is 18.0 Å². The summed E-state index contributed by atoms with van der Waals surface area (Å²) in [6.07, 6.45) is 7.45. The van der Waals surface area contributed by atoms with Gasteiger partial charge in [-0.05, 0) is 26.2 Å². The normalized spacial score (nSPS) is 21.4. The molecule has 0 bridgehead atoms. The third-order valence-electron chi connectivity index (χ3n) is 5.34. The number of hydrogen-bond donors (Lipinski definition) is 2. The van der Waals surface area contributed by atoms with Gasteiger partial charge in [0, 0.05) is 36.8 Å². The molecule has 152 valence electrons. The number of rotatable bonds is 5. The average Bonchev–Trinajstić information content (AvgIpc) is 3.36. The van der Waals surface area contributed by atoms with E-state index < -0.39 is 0 Å². The summed E-state index contributed by atoms with van der Waals surface area (Å²) in [6, 6.07) is 3.55. The Hall–Kier alpha value is -3.28. The van der Waals surface area contributed by atoms with Crippen LogP contribution in [0.3, 0.4) is 0 Å². The topological polar surface area (TPSA) is 113 Å². The van der Waals surface area contributed by atoms with E-state index in [1.54, 1.807) is 17.9 Å². The van der Waals surface area contributed by atoms with E-state index in [1.807, 2.05) is 6.07 Å². The minimum absolute atomic E-state index is 0.0987. The van der Waals surface area contributed by atoms with Crippen molar-refractivity contribution in [3.05, 3.63) is 29.3 Å². The summed E-state index contributed by atoms with van der Waals surface area (Å²) >= 11 is 0. The lowest BCUT2D eigenvalue weighted by Gasteiger charge is -2.35. The van der Waals surface area contributed by atoms with E-state index in [0.717, 1.165) is 30.7 Å². The van der Waals surface area contributed by atoms with Crippen molar-refractivity contribution in [2.45, 2.75) is 44.6 Å². The summed E-state index contributed by atoms with van der Waals surface area (Å²) < 4.78 is 10.6. The Bertz CT molecular complexity index is 937. The maximum atomic E-state index is 12.1. The second kappa shape index (κ2) is 7.99. The van der Waals surface area contributed by atoms with E-state index >= 15 is 0 Å². The van der Waals surface area contributed by atoms with Crippen molar-refractivity contribution in [3.8, 4) is 12.3 Å². The first-order valence-electron chi connectivity index (χ1n) is 9.69. The number of aromatic nitrogens is 3. The van der Waals surface area contributed by atoms with E-state index in [2.05, 4.69) is 26.6 Å². The molecule has 9 nitrogen and oxygen atoms in total. The molecule has 1 aliphatic heterocycles. The van der Waals surface area contributed by atoms with Crippen LogP contribution in [-0.4, -0.2) is 51.4 Å². The molecule has 0 spiro atoms. The second-order valence-corrected chi connectivity index (χ2v) is 7.65. The molecule has 2 aromatic heterocycles. The van der Waals surface area contributed by atoms with Gasteiger partial charge in [0.2, 0.25) is 5.91 Å². The standard InChI is InChI=1S/C20H23N5O4/c1-3-13-10-25(11-13)20(27)28-15-5-4-14(7-15)17-9-18(23-22-17)21-19(26)8-16-6-12(2)24-29-16/h1,6,9,13-15H,4-5,7-8,10-11H2,2H3,(H2,21,22,23,26)/t14-,15+/m0/s1. The molecule has 2 aliphatic rings. The van der Waals surface area contributed by atoms with Crippen molar-refractivity contribution in [2.75, 3.05) is 18.4 Å². The highest BCUT2D eigenvalue weighted by Gasteiger charge is 2.35. The molecule has 3 heterocycles. The van der Waals surface area contributed by atoms with Gasteiger partial charge in [-0.1, -0.05) is 11.1 Å². The van der Waals surface area contributed by atoms with Gasteiger partial charge in [-0.3, -0.25) is 9.89 Å². The van der Waals surface area contributed by atoms with Crippen molar-refractivity contribution in [3.63, 3.8) is 0 Å². The fourth-order valence-electron chi connectivity index (χ4n) is 3.73. The van der Waals surface area contributed by atoms with Gasteiger partial charge in [0.15, 0.2) is 5.82 Å². The van der Waals surface area contributed by atoms with E-state index in [4.69, 9.17) is 15.7 Å². The summed E-state index contributed by atoms with van der Waals surface area (Å²) in [6.45, 7) is 2.94. The number of likely N-dealkylation sites (tertiary alicyclic amines) is 1. The molecule has 9 heteroatoms. The molecule has 0 unspecified atom stereocenters. The predicted molar refractivity (Wildman–Crippen MR) is 103 cm³/mol. The molecule has 2 aromatic rings. The van der Waals surface area contributed by atoms with Crippen LogP contribution >= 0.6 is 0 Å². The van der Waals surface area contributed by atoms with E-state index in [-0.39, 0.29) is 36.4 Å². The largest absolute Gasteiger partial charge is 0.446 e. The summed E-state index contributed by atoms with van der Waals surface area (Å²) in [4.78, 5) is 25.9. The number of carbonyl (C=O) groups excluding carboxylic acids is 2. The number of nitrogens with one attached hydrogen (secondary N) is 2. The van der Waals surface area contributed by atoms with Crippen molar-refractivity contribution in [1.29, 1.82) is 0 Å². The van der Waals surface area contributed by atoms with E-state index in [9.17, 15) is 9.59 Å². The molecule has 2 N–H and O–H groups in total. The SMILES string of the molecule is C#CC1CN(C(=O)O[C@@H]2CC[C@H](c3cc(NC(=O)Cc4cc(C)no4)n[nH]3)C2)C1. The number of carbonyl (C=O) groups is 2. The average molecular weight is 397 g/mol. The molecule has 0 aromatic carbocycles. The molecule has 1 saturated carbocycles. The quantitative estimate of drug-likeness (QED) is 0.748. The van der Waals surface area contributed by atoms with Gasteiger partial charge in [-0.15, -0.1) is 6.42 Å². The molecular formula is C20H23N5O4. The summed E-state index contributed by atoms with van der Waals surface area (Å²) in [5, 5.41) is 13.7. The number of hydrogen-bond acceptors (Lipinski definition) is 6. The minimum atomic E-state index is -0.289. The highest BCUT2D eigenvalue weighted by Crippen LogP contribution is 2.36. The Balaban J connectivity index is 1.25. The van der Waals surface area contributed by atoms with Crippen molar-refractivity contribution in [2.24, 2.45) is 5.92 Å². The maximum Gasteiger partial charge on any atom is 0.410 e. The number of H-pyrrole nitrogens is 1. The number of nitrogens with zero attached hydrogens (tertiary/aromatic N) is 3. The molecule has 0 radical (unpaired) electrons. The van der Waals surface area contributed by atoms with E-state index in [1.165, 1.54) is 0 Å². The van der Waals surface area contributed by atoms with Crippen LogP contribution in [0.15, 0.2) is 16.7 Å². The van der Waals surface area contributed by atoms with Crippen LogP contribution in [-0.2, 0) is 16.0 Å². The van der Waals surface area contributed by atoms with Gasteiger partial charge in [-0.2, -0.15) is 5.10 Å². The Morgan fingerprint density at radius 3 is 2.97 bits per heavy atom. The molecule has 1 saturated heterocycles. The van der Waals surface area contributed by atoms with Crippen molar-refractivity contribution < 1.29 is 18.8 Å². The monoisotopic (exact) mass is 397 g/mol. The van der Waals surface area contributed by atoms with Crippen LogP contribution in [0.1, 0.15) is 42.3 Å². The second-order valence-electron chi connectivity index (χ2n) is 7.65. The van der Waals surface area contributed by atoms with Crippen LogP contribution in [0.2, 0.25) is 0 Å². The molecule has 2 fully saturated rings. The summed E-state index contributed by atoms with van der Waals surface area (Å²) in [7, 11) is 0. The zero-order chi connectivity index (χ0) is 20.4. The predicted octanol–water partition coefficient (Wildman–Crippen LogP) is 2.23. The van der Waals surface area contributed by atoms with Crippen LogP contribution in [0.5, 0.6) is 0 Å². The zero-order valence-electron chi connectivity index (χ0n) is 16.2. The van der Waals surface area contributed by atoms with Gasteiger partial charge >= 0.3 is 6.09 Å². The van der Waals surface area contributed by atoms with E-state index in [0.29, 0.717) is 24.7 Å². The first kappa shape index (κ1) is 19.1. The summed E-state index contributed by atoms with van der Waals surface area (Å²) in [5.41, 5.74) is 1.65. The Kier molecular flexibility index (Phi) is 5.25. The lowest BCUT2D eigenvalue weighted by atomic mass is 10.0. The number of aryl methyl sites for hydroxylation is 1. The number of amides is 2. The first-order chi connectivity index (χ1) is 14.0. The molecule has 29 heavy (non-hydrogen) atoms. The van der Waals surface area contributed by atoms with Crippen LogP contribution < -0.4 is 5.32 Å². The number of terminal acetylenes is 1. The van der Waals surface area contributed by atoms with Crippen molar-refractivity contribution >= 4 is 17.8 Å². The highest BCUT2D eigenvalue weighted by atomic mass is 16.6. The lowest BCUT2D eigenvalue weighted by molar-refractivity contribution is -0.115. The molecule has 2 atom stereocenters. The molecular weight excluding hydrogens is 374 g/mol. The lowest BCUT2D eigenvalue weighted by Crippen LogP contribution is -2.50. The van der Waals surface area contributed by atoms with Crippen LogP contribution in [0, 0.1) is 25.2 Å². The Morgan fingerprint density at radius 2 is 2.24 bits per heavy atom. The van der Waals surface area contributed by atoms with Gasteiger partial charge in [0.1, 0.15) is 11.9 Å². The van der Waals surface area contributed by atoms with Crippen LogP contribution in [0.25, 0.3) is 0 Å². The Morgan fingerprint density at radius 1 is 1.41 bits per heavy atom. The van der Waals surface area contributed by atoms with Gasteiger partial charge in [-0.25, -0.2) is 4.79 Å². The zero-order valence-corrected chi connectivity index (χ0v) is 16.2. The summed E-state index contributed by atoms with van der Waals surface area (Å²) in [5.74, 6) is 3.73. The third-order valence-corrected chi connectivity index (χ3v) is 5.34. The molecule has 2 amide bonds. The fourth-order valence-corrected chi connectivity index (χ4v) is 3.73. The fraction of sp³-hybridized carbons (Fsp3) is 0.500. The van der Waals surface area contributed by atoms with Gasteiger partial charge < -0.3 is 19.5 Å². The smallest absolute Gasteiger partial charge is 0.410 e. The van der Waals surface area contributed by atoms with Gasteiger partial charge in [0.25, 0.3) is 0 Å². The number of anilines is 1. The van der Waals surface area contributed by atoms with Crippen molar-refractivity contribution in [1.82, 2.24) is 20.3 Å². The minimum Gasteiger partial charge on any atom is -0.446 e. The van der Waals surface area contributed by atoms with Crippen LogP contribution in [0.4, 0.5) is 10.6 Å². The number of ether oxygens (including phenoxy) is 1. The molecule has 4 rings (SSSR count). The molecule has 1 aliphatic carbocycles. The Labute approximate surface area is 168 Å². The third kappa shape index (κ3) is 4.42. The first-order valence-corrected chi connectivity index (χ1v) is 9.69.